The Kier molecular flexibility index (Phi) is 4.48. The van der Waals surface area contributed by atoms with Crippen LogP contribution in [0.2, 0.25) is 0 Å². The van der Waals surface area contributed by atoms with E-state index in [1.54, 1.807) is 5.48 Å². The Morgan fingerprint density at radius 2 is 1.48 bits per heavy atom. The van der Waals surface area contributed by atoms with Crippen LogP contribution in [0.3, 0.4) is 0 Å². The molecule has 0 saturated carbocycles. The maximum Gasteiger partial charge on any atom is 0.435 e. The molecule has 0 fully saturated rings. The van der Waals surface area contributed by atoms with E-state index < -0.39 is 23.6 Å². The largest absolute Gasteiger partial charge is 0.435 e. The Labute approximate surface area is 115 Å². The minimum atomic E-state index is -6.16. The molecule has 0 aliphatic carbocycles. The van der Waals surface area contributed by atoms with Crippen molar-refractivity contribution in [3.8, 4) is 0 Å². The van der Waals surface area contributed by atoms with Crippen molar-refractivity contribution in [3.63, 3.8) is 0 Å². The van der Waals surface area contributed by atoms with Gasteiger partial charge in [-0.15, -0.1) is 0 Å². The first-order chi connectivity index (χ1) is 9.40. The molecule has 0 saturated heterocycles. The molecule has 9 heteroatoms. The number of hydrogen-bond donors (Lipinski definition) is 2. The molecule has 0 bridgehead atoms. The number of rotatable bonds is 3. The summed E-state index contributed by atoms with van der Waals surface area (Å²) in [5.74, 6) is 0. The standard InChI is InChI=1S/C12H12F7NO/c1-3-7-5-8(4-6(2)9(7)20-21)10(13,11(14,15)16)12(17,18)19/h4-5,20-21H,3H2,1-2H3. The normalized spacial score (nSPS) is 13.4. The number of benzene rings is 1. The molecule has 2 nitrogen and oxygen atoms in total. The molecule has 0 atom stereocenters. The highest BCUT2D eigenvalue weighted by atomic mass is 19.4. The molecule has 0 heterocycles. The van der Waals surface area contributed by atoms with Gasteiger partial charge in [-0.25, -0.2) is 4.39 Å². The molecule has 21 heavy (non-hydrogen) atoms. The molecule has 2 N–H and O–H groups in total. The van der Waals surface area contributed by atoms with Gasteiger partial charge in [-0.05, 0) is 30.5 Å². The lowest BCUT2D eigenvalue weighted by atomic mass is 9.89. The molecule has 120 valence electrons. The van der Waals surface area contributed by atoms with Gasteiger partial charge in [-0.3, -0.25) is 10.7 Å². The van der Waals surface area contributed by atoms with E-state index >= 15 is 0 Å². The van der Waals surface area contributed by atoms with Gasteiger partial charge in [-0.1, -0.05) is 13.0 Å². The average Bonchev–Trinajstić information content (AvgIpc) is 2.33. The van der Waals surface area contributed by atoms with Gasteiger partial charge in [0.15, 0.2) is 0 Å². The van der Waals surface area contributed by atoms with Crippen LogP contribution in [0.4, 0.5) is 36.4 Å². The third-order valence-corrected chi connectivity index (χ3v) is 3.09. The van der Waals surface area contributed by atoms with Crippen LogP contribution >= 0.6 is 0 Å². The Morgan fingerprint density at radius 3 is 1.81 bits per heavy atom. The second kappa shape index (κ2) is 5.36. The lowest BCUT2D eigenvalue weighted by Crippen LogP contribution is -2.50. The fourth-order valence-corrected chi connectivity index (χ4v) is 1.99. The van der Waals surface area contributed by atoms with E-state index in [1.165, 1.54) is 6.92 Å². The van der Waals surface area contributed by atoms with Crippen molar-refractivity contribution in [1.29, 1.82) is 0 Å². The van der Waals surface area contributed by atoms with E-state index in [4.69, 9.17) is 5.21 Å². The van der Waals surface area contributed by atoms with Gasteiger partial charge in [0.25, 0.3) is 0 Å². The van der Waals surface area contributed by atoms with Gasteiger partial charge in [0.2, 0.25) is 0 Å². The van der Waals surface area contributed by atoms with Crippen molar-refractivity contribution < 1.29 is 35.9 Å². The SMILES string of the molecule is CCc1cc(C(F)(C(F)(F)F)C(F)(F)F)cc(C)c1NO. The van der Waals surface area contributed by atoms with Crippen LogP contribution in [0.15, 0.2) is 12.1 Å². The molecule has 0 unspecified atom stereocenters. The van der Waals surface area contributed by atoms with Gasteiger partial charge >= 0.3 is 18.0 Å². The summed E-state index contributed by atoms with van der Waals surface area (Å²) in [6.07, 6.45) is -12.3. The number of hydrogen-bond acceptors (Lipinski definition) is 2. The van der Waals surface area contributed by atoms with E-state index in [1.807, 2.05) is 0 Å². The zero-order chi connectivity index (χ0) is 16.6. The topological polar surface area (TPSA) is 32.3 Å². The number of halogens is 7. The first-order valence-corrected chi connectivity index (χ1v) is 5.76. The zero-order valence-electron chi connectivity index (χ0n) is 11.0. The highest BCUT2D eigenvalue weighted by molar-refractivity contribution is 5.58. The van der Waals surface area contributed by atoms with E-state index in [9.17, 15) is 30.7 Å². The average molecular weight is 319 g/mol. The molecule has 0 amide bonds. The van der Waals surface area contributed by atoms with Crippen LogP contribution in [0, 0.1) is 6.92 Å². The summed E-state index contributed by atoms with van der Waals surface area (Å²) in [7, 11) is 0. The highest BCUT2D eigenvalue weighted by Gasteiger charge is 2.73. The van der Waals surface area contributed by atoms with Crippen LogP contribution in [0.25, 0.3) is 0 Å². The van der Waals surface area contributed by atoms with E-state index in [2.05, 4.69) is 0 Å². The molecule has 0 spiro atoms. The maximum absolute atomic E-state index is 13.9. The first kappa shape index (κ1) is 17.5. The molecule has 0 aromatic heterocycles. The van der Waals surface area contributed by atoms with E-state index in [0.29, 0.717) is 12.1 Å². The summed E-state index contributed by atoms with van der Waals surface area (Å²) in [6.45, 7) is 2.61. The predicted octanol–water partition coefficient (Wildman–Crippen LogP) is 4.65. The summed E-state index contributed by atoms with van der Waals surface area (Å²) >= 11 is 0. The highest BCUT2D eigenvalue weighted by Crippen LogP contribution is 2.53. The van der Waals surface area contributed by atoms with Crippen LogP contribution < -0.4 is 5.48 Å². The van der Waals surface area contributed by atoms with Crippen molar-refractivity contribution in [2.45, 2.75) is 38.3 Å². The first-order valence-electron chi connectivity index (χ1n) is 5.76. The van der Waals surface area contributed by atoms with Crippen molar-refractivity contribution >= 4 is 5.69 Å². The molecule has 1 rings (SSSR count). The molecular formula is C12H12F7NO. The fourth-order valence-electron chi connectivity index (χ4n) is 1.99. The Bertz CT molecular complexity index is 508. The summed E-state index contributed by atoms with van der Waals surface area (Å²) in [5.41, 5.74) is -5.59. The fraction of sp³-hybridized carbons (Fsp3) is 0.500. The summed E-state index contributed by atoms with van der Waals surface area (Å²) in [6, 6.07) is 0.866. The lowest BCUT2D eigenvalue weighted by Gasteiger charge is -2.31. The Balaban J connectivity index is 3.66. The molecule has 1 aromatic rings. The minimum Gasteiger partial charge on any atom is -0.291 e. The summed E-state index contributed by atoms with van der Waals surface area (Å²) < 4.78 is 90.0. The van der Waals surface area contributed by atoms with Gasteiger partial charge in [0, 0.05) is 5.56 Å². The number of anilines is 1. The second-order valence-corrected chi connectivity index (χ2v) is 4.45. The molecular weight excluding hydrogens is 307 g/mol. The Morgan fingerprint density at radius 1 is 1.00 bits per heavy atom. The third kappa shape index (κ3) is 2.78. The smallest absolute Gasteiger partial charge is 0.291 e. The van der Waals surface area contributed by atoms with Crippen molar-refractivity contribution in [3.05, 3.63) is 28.8 Å². The molecule has 0 radical (unpaired) electrons. The maximum atomic E-state index is 13.9. The lowest BCUT2D eigenvalue weighted by molar-refractivity contribution is -0.348. The minimum absolute atomic E-state index is 0.00334. The summed E-state index contributed by atoms with van der Waals surface area (Å²) in [5, 5.41) is 8.86. The predicted molar refractivity (Wildman–Crippen MR) is 60.9 cm³/mol. The van der Waals surface area contributed by atoms with Gasteiger partial charge in [0.1, 0.15) is 0 Å². The van der Waals surface area contributed by atoms with Gasteiger partial charge in [-0.2, -0.15) is 26.3 Å². The Hall–Kier alpha value is -1.51. The van der Waals surface area contributed by atoms with Crippen LogP contribution in [-0.4, -0.2) is 17.6 Å². The van der Waals surface area contributed by atoms with Crippen molar-refractivity contribution in [1.82, 2.24) is 0 Å². The van der Waals surface area contributed by atoms with Crippen LogP contribution in [-0.2, 0) is 12.1 Å². The third-order valence-electron chi connectivity index (χ3n) is 3.09. The second-order valence-electron chi connectivity index (χ2n) is 4.45. The van der Waals surface area contributed by atoms with Gasteiger partial charge in [0.05, 0.1) is 5.69 Å². The summed E-state index contributed by atoms with van der Waals surface area (Å²) in [4.78, 5) is 0. The monoisotopic (exact) mass is 319 g/mol. The number of aryl methyl sites for hydroxylation is 2. The van der Waals surface area contributed by atoms with Crippen LogP contribution in [0.5, 0.6) is 0 Å². The number of alkyl halides is 7. The van der Waals surface area contributed by atoms with Crippen LogP contribution in [0.1, 0.15) is 23.6 Å². The van der Waals surface area contributed by atoms with Crippen molar-refractivity contribution in [2.75, 3.05) is 5.48 Å². The quantitative estimate of drug-likeness (QED) is 0.628. The molecule has 0 aliphatic rings. The number of nitrogens with one attached hydrogen (secondary N) is 1. The van der Waals surface area contributed by atoms with Gasteiger partial charge < -0.3 is 0 Å². The van der Waals surface area contributed by atoms with E-state index in [-0.39, 0.29) is 23.2 Å². The molecule has 1 aromatic carbocycles. The molecule has 0 aliphatic heterocycles. The zero-order valence-corrected chi connectivity index (χ0v) is 11.0. The van der Waals surface area contributed by atoms with Crippen molar-refractivity contribution in [2.24, 2.45) is 0 Å². The van der Waals surface area contributed by atoms with E-state index in [0.717, 1.165) is 6.92 Å².